The van der Waals surface area contributed by atoms with Crippen LogP contribution in [0.15, 0.2) is 54.3 Å². The second kappa shape index (κ2) is 7.29. The summed E-state index contributed by atoms with van der Waals surface area (Å²) >= 11 is 13.8. The molecule has 0 unspecified atom stereocenters. The highest BCUT2D eigenvalue weighted by atomic mass is 79.9. The third-order valence-corrected chi connectivity index (χ3v) is 6.44. The van der Waals surface area contributed by atoms with Crippen LogP contribution in [0.5, 0.6) is 11.5 Å². The van der Waals surface area contributed by atoms with Crippen molar-refractivity contribution in [1.82, 2.24) is 0 Å². The summed E-state index contributed by atoms with van der Waals surface area (Å²) < 4.78 is 15.2. The van der Waals surface area contributed by atoms with Crippen LogP contribution in [0.4, 0.5) is 0 Å². The van der Waals surface area contributed by atoms with Gasteiger partial charge in [0.25, 0.3) is 0 Å². The topological polar surface area (TPSA) is 18.5 Å². The van der Waals surface area contributed by atoms with Crippen LogP contribution in [-0.2, 0) is 0 Å². The van der Waals surface area contributed by atoms with Crippen LogP contribution in [-0.4, -0.2) is 6.29 Å². The van der Waals surface area contributed by atoms with Gasteiger partial charge in [-0.05, 0) is 88.0 Å². The van der Waals surface area contributed by atoms with E-state index in [-0.39, 0.29) is 0 Å². The Hall–Kier alpha value is -0.0400. The van der Waals surface area contributed by atoms with Crippen molar-refractivity contribution in [3.63, 3.8) is 0 Å². The van der Waals surface area contributed by atoms with Gasteiger partial charge in [0.2, 0.25) is 6.29 Å². The highest BCUT2D eigenvalue weighted by Gasteiger charge is 2.12. The Kier molecular flexibility index (Phi) is 5.95. The number of hydrogen-bond donors (Lipinski definition) is 0. The number of halogens is 4. The molecular formula is C14H10Br4O2. The van der Waals surface area contributed by atoms with E-state index in [1.165, 1.54) is 0 Å². The highest BCUT2D eigenvalue weighted by Crippen LogP contribution is 2.35. The van der Waals surface area contributed by atoms with Crippen molar-refractivity contribution in [3.05, 3.63) is 54.3 Å². The Morgan fingerprint density at radius 3 is 1.55 bits per heavy atom. The Morgan fingerprint density at radius 1 is 0.750 bits per heavy atom. The number of rotatable bonds is 4. The molecule has 0 aliphatic rings. The van der Waals surface area contributed by atoms with Gasteiger partial charge >= 0.3 is 0 Å². The molecule has 2 rings (SSSR count). The summed E-state index contributed by atoms with van der Waals surface area (Å²) in [6, 6.07) is 11.5. The summed E-state index contributed by atoms with van der Waals surface area (Å²) in [7, 11) is 0. The molecule has 0 fully saturated rings. The lowest BCUT2D eigenvalue weighted by Gasteiger charge is -2.19. The summed E-state index contributed by atoms with van der Waals surface area (Å²) in [6.45, 7) is 1.85. The Bertz CT molecular complexity index is 563. The molecular weight excluding hydrogens is 520 g/mol. The van der Waals surface area contributed by atoms with E-state index in [0.29, 0.717) is 0 Å². The van der Waals surface area contributed by atoms with Crippen molar-refractivity contribution in [2.45, 2.75) is 13.2 Å². The molecule has 0 heterocycles. The Morgan fingerprint density at radius 2 is 1.15 bits per heavy atom. The summed E-state index contributed by atoms with van der Waals surface area (Å²) in [6.07, 6.45) is -0.425. The lowest BCUT2D eigenvalue weighted by molar-refractivity contribution is 0.0210. The average molecular weight is 530 g/mol. The normalized spacial score (nSPS) is 10.7. The first kappa shape index (κ1) is 16.3. The van der Waals surface area contributed by atoms with E-state index in [1.807, 2.05) is 43.3 Å². The molecule has 0 bridgehead atoms. The molecule has 0 spiro atoms. The van der Waals surface area contributed by atoms with Crippen LogP contribution in [0, 0.1) is 0 Å². The van der Waals surface area contributed by atoms with Crippen molar-refractivity contribution < 1.29 is 9.47 Å². The van der Waals surface area contributed by atoms with Gasteiger partial charge in [-0.15, -0.1) is 0 Å². The van der Waals surface area contributed by atoms with Gasteiger partial charge < -0.3 is 9.47 Å². The van der Waals surface area contributed by atoms with E-state index in [2.05, 4.69) is 63.7 Å². The lowest BCUT2D eigenvalue weighted by Crippen LogP contribution is -2.20. The Balaban J connectivity index is 2.11. The van der Waals surface area contributed by atoms with Crippen LogP contribution < -0.4 is 9.47 Å². The minimum absolute atomic E-state index is 0.425. The van der Waals surface area contributed by atoms with Gasteiger partial charge in [-0.2, -0.15) is 0 Å². The van der Waals surface area contributed by atoms with Crippen LogP contribution in [0.2, 0.25) is 0 Å². The van der Waals surface area contributed by atoms with Gasteiger partial charge in [-0.1, -0.05) is 12.1 Å². The fourth-order valence-electron chi connectivity index (χ4n) is 1.53. The van der Waals surface area contributed by atoms with Crippen LogP contribution in [0.3, 0.4) is 0 Å². The van der Waals surface area contributed by atoms with Crippen molar-refractivity contribution in [2.24, 2.45) is 0 Å². The van der Waals surface area contributed by atoms with E-state index in [4.69, 9.17) is 9.47 Å². The maximum absolute atomic E-state index is 5.79. The molecule has 0 aliphatic heterocycles. The van der Waals surface area contributed by atoms with E-state index in [9.17, 15) is 0 Å². The Labute approximate surface area is 151 Å². The summed E-state index contributed by atoms with van der Waals surface area (Å²) in [5.74, 6) is 1.44. The van der Waals surface area contributed by atoms with E-state index in [0.717, 1.165) is 29.4 Å². The molecule has 0 aromatic heterocycles. The van der Waals surface area contributed by atoms with Crippen LogP contribution >= 0.6 is 63.7 Å². The van der Waals surface area contributed by atoms with E-state index in [1.54, 1.807) is 0 Å². The second-order valence-corrected chi connectivity index (χ2v) is 7.20. The maximum atomic E-state index is 5.79. The zero-order valence-corrected chi connectivity index (χ0v) is 16.7. The fraction of sp³-hybridized carbons (Fsp3) is 0.143. The average Bonchev–Trinajstić information content (AvgIpc) is 2.40. The SMILES string of the molecule is CC(Oc1cccc(Br)c1Br)Oc1cccc(Br)c1Br. The molecule has 0 saturated heterocycles. The van der Waals surface area contributed by atoms with Crippen molar-refractivity contribution in [2.75, 3.05) is 0 Å². The van der Waals surface area contributed by atoms with Gasteiger partial charge in [0, 0.05) is 15.9 Å². The molecule has 2 aromatic rings. The highest BCUT2D eigenvalue weighted by molar-refractivity contribution is 9.13. The predicted octanol–water partition coefficient (Wildman–Crippen LogP) is 6.54. The smallest absolute Gasteiger partial charge is 0.238 e. The monoisotopic (exact) mass is 526 g/mol. The number of benzene rings is 2. The summed E-state index contributed by atoms with van der Waals surface area (Å²) in [5.41, 5.74) is 0. The molecule has 0 aliphatic carbocycles. The molecule has 0 amide bonds. The molecule has 0 saturated carbocycles. The van der Waals surface area contributed by atoms with Gasteiger partial charge in [0.15, 0.2) is 0 Å². The molecule has 2 nitrogen and oxygen atoms in total. The molecule has 0 atom stereocenters. The van der Waals surface area contributed by atoms with Crippen molar-refractivity contribution >= 4 is 63.7 Å². The first-order valence-electron chi connectivity index (χ1n) is 5.70. The summed E-state index contributed by atoms with van der Waals surface area (Å²) in [5, 5.41) is 0. The van der Waals surface area contributed by atoms with Gasteiger partial charge in [-0.25, -0.2) is 0 Å². The first-order valence-corrected chi connectivity index (χ1v) is 8.87. The van der Waals surface area contributed by atoms with Crippen molar-refractivity contribution in [3.8, 4) is 11.5 Å². The zero-order chi connectivity index (χ0) is 14.7. The van der Waals surface area contributed by atoms with Crippen LogP contribution in [0.1, 0.15) is 6.92 Å². The molecule has 20 heavy (non-hydrogen) atoms. The molecule has 0 N–H and O–H groups in total. The minimum Gasteiger partial charge on any atom is -0.454 e. The van der Waals surface area contributed by atoms with Gasteiger partial charge in [0.1, 0.15) is 11.5 Å². The molecule has 106 valence electrons. The standard InChI is InChI=1S/C14H10Br4O2/c1-8(19-11-6-2-4-9(15)13(11)17)20-12-7-3-5-10(16)14(12)18/h2-8H,1H3. The minimum atomic E-state index is -0.425. The van der Waals surface area contributed by atoms with Gasteiger partial charge in [-0.3, -0.25) is 0 Å². The second-order valence-electron chi connectivity index (χ2n) is 3.91. The molecule has 0 radical (unpaired) electrons. The van der Waals surface area contributed by atoms with E-state index >= 15 is 0 Å². The molecule has 2 aromatic carbocycles. The summed E-state index contributed by atoms with van der Waals surface area (Å²) in [4.78, 5) is 0. The van der Waals surface area contributed by atoms with E-state index < -0.39 is 6.29 Å². The third kappa shape index (κ3) is 4.00. The fourth-order valence-corrected chi connectivity index (χ4v) is 2.94. The van der Waals surface area contributed by atoms with Crippen molar-refractivity contribution in [1.29, 1.82) is 0 Å². The number of ether oxygens (including phenoxy) is 2. The van der Waals surface area contributed by atoms with Crippen LogP contribution in [0.25, 0.3) is 0 Å². The maximum Gasteiger partial charge on any atom is 0.238 e. The van der Waals surface area contributed by atoms with Gasteiger partial charge in [0.05, 0.1) is 8.95 Å². The zero-order valence-electron chi connectivity index (χ0n) is 10.4. The largest absolute Gasteiger partial charge is 0.454 e. The quantitative estimate of drug-likeness (QED) is 0.419. The number of hydrogen-bond acceptors (Lipinski definition) is 2. The first-order chi connectivity index (χ1) is 9.49. The predicted molar refractivity (Wildman–Crippen MR) is 94.4 cm³/mol. The molecule has 6 heteroatoms. The third-order valence-electron chi connectivity index (χ3n) is 2.42. The lowest BCUT2D eigenvalue weighted by atomic mass is 10.3.